The van der Waals surface area contributed by atoms with Crippen molar-refractivity contribution >= 4 is 18.5 Å². The lowest BCUT2D eigenvalue weighted by Crippen LogP contribution is -2.22. The van der Waals surface area contributed by atoms with Crippen molar-refractivity contribution in [1.29, 1.82) is 0 Å². The smallest absolute Gasteiger partial charge is 0.0132 e. The van der Waals surface area contributed by atoms with Gasteiger partial charge in [0.25, 0.3) is 0 Å². The molecule has 3 N–H and O–H groups in total. The van der Waals surface area contributed by atoms with E-state index in [1.165, 1.54) is 5.56 Å². The Hall–Kier alpha value is -0.830. The second kappa shape index (κ2) is 7.80. The molecule has 0 radical (unpaired) electrons. The van der Waals surface area contributed by atoms with E-state index in [0.29, 0.717) is 0 Å². The second-order valence-electron chi connectivity index (χ2n) is 2.56. The van der Waals surface area contributed by atoms with Gasteiger partial charge in [0, 0.05) is 6.54 Å². The molecule has 0 aliphatic carbocycles. The van der Waals surface area contributed by atoms with Gasteiger partial charge in [-0.25, -0.2) is 0 Å². The van der Waals surface area contributed by atoms with Crippen LogP contribution in [0.2, 0.25) is 0 Å². The number of rotatable bonds is 4. The fourth-order valence-electron chi connectivity index (χ4n) is 0.950. The Labute approximate surface area is 85.2 Å². The van der Waals surface area contributed by atoms with Crippen LogP contribution in [0.15, 0.2) is 36.4 Å². The first kappa shape index (κ1) is 12.2. The van der Waals surface area contributed by atoms with Crippen molar-refractivity contribution in [1.82, 2.24) is 5.43 Å². The summed E-state index contributed by atoms with van der Waals surface area (Å²) in [5.41, 5.74) is 3.83. The molecule has 0 bridgehead atoms. The summed E-state index contributed by atoms with van der Waals surface area (Å²) in [5.74, 6) is 5.12. The molecule has 0 aliphatic rings. The van der Waals surface area contributed by atoms with Crippen LogP contribution in [0.3, 0.4) is 0 Å². The van der Waals surface area contributed by atoms with Crippen LogP contribution >= 0.6 is 12.4 Å². The predicted molar refractivity (Wildman–Crippen MR) is 59.5 cm³/mol. The standard InChI is InChI=1S/C10H14N2.ClH/c11-12-9-5-4-8-10-6-2-1-3-7-10;/h1-4,6-8,12H,5,9,11H2;1H. The molecule has 0 spiro atoms. The maximum absolute atomic E-state index is 5.12. The SMILES string of the molecule is Cl.NNCCC=Cc1ccccc1. The van der Waals surface area contributed by atoms with Crippen molar-refractivity contribution < 1.29 is 0 Å². The molecule has 0 heterocycles. The first-order valence-electron chi connectivity index (χ1n) is 4.08. The van der Waals surface area contributed by atoms with Crippen molar-refractivity contribution in [3.05, 3.63) is 42.0 Å². The van der Waals surface area contributed by atoms with E-state index < -0.39 is 0 Å². The van der Waals surface area contributed by atoms with Gasteiger partial charge in [-0.15, -0.1) is 12.4 Å². The minimum absolute atomic E-state index is 0. The van der Waals surface area contributed by atoms with E-state index in [1.807, 2.05) is 18.2 Å². The normalized spacial score (nSPS) is 9.92. The van der Waals surface area contributed by atoms with E-state index >= 15 is 0 Å². The Morgan fingerprint density at radius 3 is 2.54 bits per heavy atom. The third-order valence-corrected chi connectivity index (χ3v) is 1.57. The van der Waals surface area contributed by atoms with Crippen molar-refractivity contribution in [2.45, 2.75) is 6.42 Å². The molecule has 0 fully saturated rings. The molecule has 0 aliphatic heterocycles. The summed E-state index contributed by atoms with van der Waals surface area (Å²) in [6, 6.07) is 10.2. The molecule has 1 rings (SSSR count). The molecular formula is C10H15ClN2. The maximum Gasteiger partial charge on any atom is 0.0132 e. The Morgan fingerprint density at radius 1 is 1.23 bits per heavy atom. The maximum atomic E-state index is 5.12. The van der Waals surface area contributed by atoms with Gasteiger partial charge in [-0.05, 0) is 12.0 Å². The third kappa shape index (κ3) is 5.42. The molecule has 1 aromatic carbocycles. The molecule has 72 valence electrons. The van der Waals surface area contributed by atoms with Crippen LogP contribution in [-0.2, 0) is 0 Å². The minimum atomic E-state index is 0. The highest BCUT2D eigenvalue weighted by Gasteiger charge is 1.81. The number of hydrazine groups is 1. The van der Waals surface area contributed by atoms with Gasteiger partial charge in [-0.2, -0.15) is 0 Å². The Balaban J connectivity index is 0.00000144. The topological polar surface area (TPSA) is 38.0 Å². The van der Waals surface area contributed by atoms with Gasteiger partial charge in [0.05, 0.1) is 0 Å². The lowest BCUT2D eigenvalue weighted by Gasteiger charge is -1.92. The zero-order valence-corrected chi connectivity index (χ0v) is 8.26. The van der Waals surface area contributed by atoms with E-state index in [2.05, 4.69) is 29.7 Å². The molecule has 0 amide bonds. The van der Waals surface area contributed by atoms with Gasteiger partial charge < -0.3 is 0 Å². The van der Waals surface area contributed by atoms with Crippen molar-refractivity contribution in [2.75, 3.05) is 6.54 Å². The molecule has 0 saturated carbocycles. The first-order valence-corrected chi connectivity index (χ1v) is 4.08. The zero-order valence-electron chi connectivity index (χ0n) is 7.44. The number of hydrogen-bond donors (Lipinski definition) is 2. The van der Waals surface area contributed by atoms with E-state index in [-0.39, 0.29) is 12.4 Å². The molecule has 0 aromatic heterocycles. The summed E-state index contributed by atoms with van der Waals surface area (Å²) >= 11 is 0. The number of nitrogens with one attached hydrogen (secondary N) is 1. The number of benzene rings is 1. The molecule has 0 unspecified atom stereocenters. The summed E-state index contributed by atoms with van der Waals surface area (Å²) in [7, 11) is 0. The van der Waals surface area contributed by atoms with Crippen molar-refractivity contribution in [3.63, 3.8) is 0 Å². The van der Waals surface area contributed by atoms with Gasteiger partial charge in [0.1, 0.15) is 0 Å². The lowest BCUT2D eigenvalue weighted by atomic mass is 10.2. The van der Waals surface area contributed by atoms with Crippen LogP contribution in [0, 0.1) is 0 Å². The van der Waals surface area contributed by atoms with Gasteiger partial charge in [0.15, 0.2) is 0 Å². The monoisotopic (exact) mass is 198 g/mol. The molecule has 1 aromatic rings. The fourth-order valence-corrected chi connectivity index (χ4v) is 0.950. The quantitative estimate of drug-likeness (QED) is 0.441. The highest BCUT2D eigenvalue weighted by Crippen LogP contribution is 2.00. The summed E-state index contributed by atoms with van der Waals surface area (Å²) in [6.45, 7) is 0.823. The largest absolute Gasteiger partial charge is 0.271 e. The van der Waals surface area contributed by atoms with E-state index in [9.17, 15) is 0 Å². The minimum Gasteiger partial charge on any atom is -0.271 e. The zero-order chi connectivity index (χ0) is 8.65. The highest BCUT2D eigenvalue weighted by atomic mass is 35.5. The van der Waals surface area contributed by atoms with Crippen LogP contribution in [0.4, 0.5) is 0 Å². The van der Waals surface area contributed by atoms with Gasteiger partial charge in [-0.3, -0.25) is 11.3 Å². The van der Waals surface area contributed by atoms with Crippen LogP contribution in [0.25, 0.3) is 6.08 Å². The van der Waals surface area contributed by atoms with Gasteiger partial charge in [0.2, 0.25) is 0 Å². The summed E-state index contributed by atoms with van der Waals surface area (Å²) < 4.78 is 0. The van der Waals surface area contributed by atoms with Crippen LogP contribution in [0.5, 0.6) is 0 Å². The van der Waals surface area contributed by atoms with Crippen molar-refractivity contribution in [3.8, 4) is 0 Å². The van der Waals surface area contributed by atoms with E-state index in [1.54, 1.807) is 0 Å². The van der Waals surface area contributed by atoms with Crippen LogP contribution in [-0.4, -0.2) is 6.54 Å². The Morgan fingerprint density at radius 2 is 1.92 bits per heavy atom. The van der Waals surface area contributed by atoms with E-state index in [0.717, 1.165) is 13.0 Å². The van der Waals surface area contributed by atoms with Gasteiger partial charge >= 0.3 is 0 Å². The molecule has 0 atom stereocenters. The fraction of sp³-hybridized carbons (Fsp3) is 0.200. The summed E-state index contributed by atoms with van der Waals surface area (Å²) in [5, 5.41) is 0. The molecule has 0 saturated heterocycles. The number of nitrogens with two attached hydrogens (primary N) is 1. The molecular weight excluding hydrogens is 184 g/mol. The lowest BCUT2D eigenvalue weighted by molar-refractivity contribution is 0.741. The summed E-state index contributed by atoms with van der Waals surface area (Å²) in [4.78, 5) is 0. The summed E-state index contributed by atoms with van der Waals surface area (Å²) in [6.07, 6.45) is 5.16. The average Bonchev–Trinajstić information content (AvgIpc) is 2.14. The second-order valence-corrected chi connectivity index (χ2v) is 2.56. The first-order chi connectivity index (χ1) is 5.93. The number of hydrogen-bond acceptors (Lipinski definition) is 2. The van der Waals surface area contributed by atoms with Gasteiger partial charge in [-0.1, -0.05) is 42.5 Å². The molecule has 2 nitrogen and oxygen atoms in total. The van der Waals surface area contributed by atoms with E-state index in [4.69, 9.17) is 5.84 Å². The van der Waals surface area contributed by atoms with Crippen molar-refractivity contribution in [2.24, 2.45) is 5.84 Å². The molecule has 13 heavy (non-hydrogen) atoms. The van der Waals surface area contributed by atoms with Crippen LogP contribution in [0.1, 0.15) is 12.0 Å². The Kier molecular flexibility index (Phi) is 7.30. The predicted octanol–water partition coefficient (Wildman–Crippen LogP) is 1.97. The highest BCUT2D eigenvalue weighted by molar-refractivity contribution is 5.85. The Bertz CT molecular complexity index is 234. The third-order valence-electron chi connectivity index (χ3n) is 1.57. The average molecular weight is 199 g/mol. The number of halogens is 1. The molecule has 3 heteroatoms. The van der Waals surface area contributed by atoms with Crippen LogP contribution < -0.4 is 11.3 Å².